The van der Waals surface area contributed by atoms with Gasteiger partial charge < -0.3 is 19.1 Å². The summed E-state index contributed by atoms with van der Waals surface area (Å²) in [5.74, 6) is -2.05. The first kappa shape index (κ1) is 22.3. The Labute approximate surface area is 177 Å². The number of carbonyl (C=O) groups is 3. The minimum atomic E-state index is -1.47. The molecule has 1 aromatic rings. The van der Waals surface area contributed by atoms with Crippen molar-refractivity contribution in [1.29, 1.82) is 0 Å². The largest absolute Gasteiger partial charge is 0.471 e. The third-order valence-corrected chi connectivity index (χ3v) is 5.79. The SMILES string of the molecule is CCOC(=O)C1Oc2ccc(cc2)N(CC)C(=O)C2(OC(C)(C)C)C(C1=O)C2(C)C. The highest BCUT2D eigenvalue weighted by Crippen LogP contribution is 2.67. The van der Waals surface area contributed by atoms with E-state index in [0.29, 0.717) is 18.0 Å². The zero-order valence-corrected chi connectivity index (χ0v) is 18.8. The summed E-state index contributed by atoms with van der Waals surface area (Å²) >= 11 is 0. The Hall–Kier alpha value is -2.41. The van der Waals surface area contributed by atoms with Gasteiger partial charge in [0, 0.05) is 17.6 Å². The maximum Gasteiger partial charge on any atom is 0.355 e. The second kappa shape index (κ2) is 7.38. The number of carbonyl (C=O) groups excluding carboxylic acids is 3. The van der Waals surface area contributed by atoms with Crippen LogP contribution in [0, 0.1) is 11.3 Å². The summed E-state index contributed by atoms with van der Waals surface area (Å²) < 4.78 is 17.2. The number of rotatable bonds is 4. The van der Waals surface area contributed by atoms with E-state index in [4.69, 9.17) is 14.2 Å². The first-order valence-corrected chi connectivity index (χ1v) is 10.4. The van der Waals surface area contributed by atoms with Crippen molar-refractivity contribution in [3.63, 3.8) is 0 Å². The number of ether oxygens (including phenoxy) is 3. The monoisotopic (exact) mass is 417 g/mol. The molecule has 1 aliphatic carbocycles. The molecule has 0 saturated heterocycles. The van der Waals surface area contributed by atoms with Gasteiger partial charge >= 0.3 is 5.97 Å². The Bertz CT molecular complexity index is 853. The molecular formula is C23H31NO6. The highest BCUT2D eigenvalue weighted by Gasteiger charge is 2.82. The van der Waals surface area contributed by atoms with Crippen molar-refractivity contribution in [2.75, 3.05) is 18.1 Å². The van der Waals surface area contributed by atoms with Gasteiger partial charge in [-0.25, -0.2) is 4.79 Å². The summed E-state index contributed by atoms with van der Waals surface area (Å²) in [6, 6.07) is 6.77. The predicted molar refractivity (Wildman–Crippen MR) is 111 cm³/mol. The Balaban J connectivity index is 2.19. The first-order chi connectivity index (χ1) is 13.9. The van der Waals surface area contributed by atoms with Gasteiger partial charge in [-0.2, -0.15) is 0 Å². The highest BCUT2D eigenvalue weighted by molar-refractivity contribution is 6.13. The zero-order valence-electron chi connectivity index (χ0n) is 18.8. The number of anilines is 1. The van der Waals surface area contributed by atoms with E-state index in [-0.39, 0.29) is 12.5 Å². The van der Waals surface area contributed by atoms with Crippen LogP contribution in [0.1, 0.15) is 48.5 Å². The van der Waals surface area contributed by atoms with E-state index < -0.39 is 40.4 Å². The van der Waals surface area contributed by atoms with E-state index in [1.165, 1.54) is 0 Å². The van der Waals surface area contributed by atoms with Crippen molar-refractivity contribution in [1.82, 2.24) is 0 Å². The molecule has 0 spiro atoms. The molecule has 0 radical (unpaired) electrons. The number of likely N-dealkylation sites (N-methyl/N-ethyl adjacent to an activating group) is 1. The van der Waals surface area contributed by atoms with Gasteiger partial charge in [-0.1, -0.05) is 13.8 Å². The Morgan fingerprint density at radius 2 is 1.73 bits per heavy atom. The van der Waals surface area contributed by atoms with Crippen molar-refractivity contribution in [2.24, 2.45) is 11.3 Å². The van der Waals surface area contributed by atoms with Crippen LogP contribution in [0.3, 0.4) is 0 Å². The van der Waals surface area contributed by atoms with E-state index in [1.54, 1.807) is 36.1 Å². The summed E-state index contributed by atoms with van der Waals surface area (Å²) in [6.07, 6.45) is -1.47. The molecule has 0 N–H and O–H groups in total. The molecule has 3 atom stereocenters. The molecule has 3 aliphatic rings. The van der Waals surface area contributed by atoms with Gasteiger partial charge in [0.15, 0.2) is 11.4 Å². The summed E-state index contributed by atoms with van der Waals surface area (Å²) in [4.78, 5) is 41.8. The highest BCUT2D eigenvalue weighted by atomic mass is 16.6. The number of fused-ring (bicyclic) bond motifs is 5. The molecule has 2 aliphatic heterocycles. The van der Waals surface area contributed by atoms with Crippen LogP contribution in [0.15, 0.2) is 24.3 Å². The molecule has 7 heteroatoms. The van der Waals surface area contributed by atoms with Crippen LogP contribution in [0.4, 0.5) is 5.69 Å². The molecule has 164 valence electrons. The fourth-order valence-electron chi connectivity index (χ4n) is 4.47. The number of hydrogen-bond acceptors (Lipinski definition) is 6. The molecule has 1 fully saturated rings. The van der Waals surface area contributed by atoms with Gasteiger partial charge in [0.2, 0.25) is 0 Å². The number of Topliss-reactive ketones (excluding diaryl/α,β-unsaturated/α-hetero) is 1. The van der Waals surface area contributed by atoms with Crippen LogP contribution in [0.2, 0.25) is 0 Å². The number of nitrogens with zero attached hydrogens (tertiary/aromatic N) is 1. The van der Waals surface area contributed by atoms with Gasteiger partial charge in [0.25, 0.3) is 12.0 Å². The zero-order chi connectivity index (χ0) is 22.5. The molecule has 1 saturated carbocycles. The molecule has 2 heterocycles. The lowest BCUT2D eigenvalue weighted by Gasteiger charge is -2.34. The van der Waals surface area contributed by atoms with Crippen LogP contribution >= 0.6 is 0 Å². The van der Waals surface area contributed by atoms with E-state index in [0.717, 1.165) is 0 Å². The average molecular weight is 418 g/mol. The molecule has 0 aromatic heterocycles. The van der Waals surface area contributed by atoms with E-state index in [9.17, 15) is 14.4 Å². The van der Waals surface area contributed by atoms with E-state index in [1.807, 2.05) is 41.5 Å². The molecule has 30 heavy (non-hydrogen) atoms. The summed E-state index contributed by atoms with van der Waals surface area (Å²) in [6.45, 7) is 13.3. The van der Waals surface area contributed by atoms with Crippen LogP contribution in [-0.4, -0.2) is 48.1 Å². The molecular weight excluding hydrogens is 386 g/mol. The lowest BCUT2D eigenvalue weighted by Crippen LogP contribution is -2.50. The average Bonchev–Trinajstić information content (AvgIpc) is 3.14. The second-order valence-electron chi connectivity index (χ2n) is 9.30. The number of hydrogen-bond donors (Lipinski definition) is 0. The van der Waals surface area contributed by atoms with Crippen molar-refractivity contribution in [3.05, 3.63) is 24.3 Å². The smallest absolute Gasteiger partial charge is 0.355 e. The van der Waals surface area contributed by atoms with Crippen LogP contribution in [0.5, 0.6) is 5.75 Å². The summed E-state index contributed by atoms with van der Waals surface area (Å²) in [5.41, 5.74) is -2.25. The van der Waals surface area contributed by atoms with Crippen LogP contribution in [0.25, 0.3) is 0 Å². The van der Waals surface area contributed by atoms with E-state index >= 15 is 0 Å². The maximum absolute atomic E-state index is 13.9. The molecule has 4 rings (SSSR count). The summed E-state index contributed by atoms with van der Waals surface area (Å²) in [7, 11) is 0. The predicted octanol–water partition coefficient (Wildman–Crippen LogP) is 3.14. The number of benzene rings is 1. The van der Waals surface area contributed by atoms with Crippen LogP contribution in [-0.2, 0) is 23.9 Å². The fourth-order valence-corrected chi connectivity index (χ4v) is 4.47. The van der Waals surface area contributed by atoms with Gasteiger partial charge in [-0.15, -0.1) is 0 Å². The van der Waals surface area contributed by atoms with Crippen molar-refractivity contribution >= 4 is 23.3 Å². The minimum Gasteiger partial charge on any atom is -0.471 e. The van der Waals surface area contributed by atoms with Crippen molar-refractivity contribution < 1.29 is 28.6 Å². The Kier molecular flexibility index (Phi) is 5.48. The minimum absolute atomic E-state index is 0.116. The Morgan fingerprint density at radius 3 is 2.23 bits per heavy atom. The van der Waals surface area contributed by atoms with Gasteiger partial charge in [0.1, 0.15) is 5.75 Å². The fraction of sp³-hybridized carbons (Fsp3) is 0.609. The maximum atomic E-state index is 13.9. The Morgan fingerprint density at radius 1 is 1.13 bits per heavy atom. The molecule has 2 bridgehead atoms. The van der Waals surface area contributed by atoms with Crippen molar-refractivity contribution in [3.8, 4) is 5.75 Å². The molecule has 1 amide bonds. The third-order valence-electron chi connectivity index (χ3n) is 5.79. The lowest BCUT2D eigenvalue weighted by atomic mass is 10.0. The first-order valence-electron chi connectivity index (χ1n) is 10.4. The molecule has 3 unspecified atom stereocenters. The van der Waals surface area contributed by atoms with Gasteiger partial charge in [-0.3, -0.25) is 9.59 Å². The van der Waals surface area contributed by atoms with Crippen LogP contribution < -0.4 is 9.64 Å². The number of amides is 1. The number of ketones is 1. The second-order valence-corrected chi connectivity index (χ2v) is 9.30. The normalized spacial score (nSPS) is 27.8. The number of esters is 1. The van der Waals surface area contributed by atoms with Crippen molar-refractivity contribution in [2.45, 2.75) is 65.8 Å². The van der Waals surface area contributed by atoms with Gasteiger partial charge in [-0.05, 0) is 58.9 Å². The van der Waals surface area contributed by atoms with Gasteiger partial charge in [0.05, 0.1) is 18.1 Å². The molecule has 1 aromatic carbocycles. The standard InChI is InChI=1S/C23H31NO6/c1-8-24-14-10-12-15(13-11-14)29-17(19(26)28-9-2)16(25)18-22(6,7)23(18,20(24)27)30-21(3,4)5/h10-13,17-18H,8-9H2,1-7H3. The third kappa shape index (κ3) is 3.39. The molecule has 7 nitrogen and oxygen atoms in total. The lowest BCUT2D eigenvalue weighted by molar-refractivity contribution is -0.160. The quantitative estimate of drug-likeness (QED) is 0.553. The topological polar surface area (TPSA) is 82.1 Å². The summed E-state index contributed by atoms with van der Waals surface area (Å²) in [5, 5.41) is 0. The van der Waals surface area contributed by atoms with E-state index in [2.05, 4.69) is 0 Å².